The predicted molar refractivity (Wildman–Crippen MR) is 64.4 cm³/mol. The van der Waals surface area contributed by atoms with Gasteiger partial charge in [-0.2, -0.15) is 0 Å². The molecule has 14 heavy (non-hydrogen) atoms. The van der Waals surface area contributed by atoms with Crippen molar-refractivity contribution in [3.63, 3.8) is 0 Å². The van der Waals surface area contributed by atoms with Crippen LogP contribution in [0.5, 0.6) is 0 Å². The van der Waals surface area contributed by atoms with Gasteiger partial charge in [-0.25, -0.2) is 4.99 Å². The van der Waals surface area contributed by atoms with Crippen LogP contribution in [0.2, 0.25) is 0 Å². The highest BCUT2D eigenvalue weighted by molar-refractivity contribution is 7.78. The van der Waals surface area contributed by atoms with Gasteiger partial charge in [-0.15, -0.1) is 11.6 Å². The van der Waals surface area contributed by atoms with Crippen LogP contribution in [0.1, 0.15) is 17.9 Å². The zero-order chi connectivity index (χ0) is 10.2. The average Bonchev–Trinajstić information content (AvgIpc) is 2.25. The first-order chi connectivity index (χ1) is 6.88. The van der Waals surface area contributed by atoms with E-state index in [-0.39, 0.29) is 0 Å². The van der Waals surface area contributed by atoms with Crippen molar-refractivity contribution in [3.05, 3.63) is 35.9 Å². The molecule has 0 aliphatic heterocycles. The SMILES string of the molecule is S=C=NCC(CCCl)c1ccccc1. The lowest BCUT2D eigenvalue weighted by Crippen LogP contribution is -2.03. The number of alkyl halides is 1. The summed E-state index contributed by atoms with van der Waals surface area (Å²) in [7, 11) is 0. The first-order valence-electron chi connectivity index (χ1n) is 4.53. The molecule has 0 spiro atoms. The van der Waals surface area contributed by atoms with Crippen LogP contribution in [0, 0.1) is 0 Å². The van der Waals surface area contributed by atoms with Gasteiger partial charge in [0.1, 0.15) is 0 Å². The van der Waals surface area contributed by atoms with Gasteiger partial charge in [0, 0.05) is 11.8 Å². The van der Waals surface area contributed by atoms with Crippen molar-refractivity contribution in [1.29, 1.82) is 0 Å². The summed E-state index contributed by atoms with van der Waals surface area (Å²) in [4.78, 5) is 3.97. The Morgan fingerprint density at radius 2 is 2.07 bits per heavy atom. The summed E-state index contributed by atoms with van der Waals surface area (Å²) in [5.74, 6) is 1.01. The third-order valence-electron chi connectivity index (χ3n) is 2.10. The Morgan fingerprint density at radius 1 is 1.36 bits per heavy atom. The maximum absolute atomic E-state index is 5.74. The summed E-state index contributed by atoms with van der Waals surface area (Å²) in [6, 6.07) is 10.2. The van der Waals surface area contributed by atoms with E-state index in [1.54, 1.807) is 0 Å². The smallest absolute Gasteiger partial charge is 0.0585 e. The highest BCUT2D eigenvalue weighted by Crippen LogP contribution is 2.20. The Labute approximate surface area is 94.8 Å². The van der Waals surface area contributed by atoms with Gasteiger partial charge >= 0.3 is 0 Å². The zero-order valence-corrected chi connectivity index (χ0v) is 9.39. The van der Waals surface area contributed by atoms with Gasteiger partial charge < -0.3 is 0 Å². The molecule has 1 nitrogen and oxygen atoms in total. The van der Waals surface area contributed by atoms with Crippen LogP contribution >= 0.6 is 23.8 Å². The van der Waals surface area contributed by atoms with Crippen molar-refractivity contribution in [2.24, 2.45) is 4.99 Å². The molecule has 1 unspecified atom stereocenters. The number of hydrogen-bond acceptors (Lipinski definition) is 2. The van der Waals surface area contributed by atoms with E-state index in [1.165, 1.54) is 5.56 Å². The lowest BCUT2D eigenvalue weighted by molar-refractivity contribution is 0.681. The van der Waals surface area contributed by atoms with E-state index in [0.717, 1.165) is 6.42 Å². The van der Waals surface area contributed by atoms with Gasteiger partial charge in [0.05, 0.1) is 11.7 Å². The van der Waals surface area contributed by atoms with Crippen LogP contribution in [-0.4, -0.2) is 17.6 Å². The molecule has 0 aliphatic carbocycles. The van der Waals surface area contributed by atoms with E-state index in [2.05, 4.69) is 34.5 Å². The molecule has 1 aromatic rings. The van der Waals surface area contributed by atoms with Gasteiger partial charge in [0.15, 0.2) is 0 Å². The molecule has 0 radical (unpaired) electrons. The second-order valence-electron chi connectivity index (χ2n) is 3.02. The Kier molecular flexibility index (Phi) is 5.46. The minimum atomic E-state index is 0.365. The number of isothiocyanates is 1. The van der Waals surface area contributed by atoms with Crippen molar-refractivity contribution in [2.75, 3.05) is 12.4 Å². The lowest BCUT2D eigenvalue weighted by atomic mass is 9.97. The topological polar surface area (TPSA) is 12.4 Å². The van der Waals surface area contributed by atoms with Crippen LogP contribution in [0.4, 0.5) is 0 Å². The molecule has 0 heterocycles. The van der Waals surface area contributed by atoms with E-state index in [1.807, 2.05) is 18.2 Å². The van der Waals surface area contributed by atoms with Gasteiger partial charge in [-0.1, -0.05) is 30.3 Å². The van der Waals surface area contributed by atoms with E-state index in [4.69, 9.17) is 11.6 Å². The van der Waals surface area contributed by atoms with Gasteiger partial charge in [-0.05, 0) is 24.2 Å². The summed E-state index contributed by atoms with van der Waals surface area (Å²) in [6.45, 7) is 0.681. The number of rotatable bonds is 5. The quantitative estimate of drug-likeness (QED) is 0.425. The van der Waals surface area contributed by atoms with Crippen LogP contribution in [0.15, 0.2) is 35.3 Å². The fraction of sp³-hybridized carbons (Fsp3) is 0.364. The molecule has 0 aromatic heterocycles. The number of halogens is 1. The Balaban J connectivity index is 2.71. The number of nitrogens with zero attached hydrogens (tertiary/aromatic N) is 1. The fourth-order valence-corrected chi connectivity index (χ4v) is 1.71. The molecule has 1 rings (SSSR count). The molecule has 0 saturated carbocycles. The minimum absolute atomic E-state index is 0.365. The van der Waals surface area contributed by atoms with Crippen LogP contribution < -0.4 is 0 Å². The fourth-order valence-electron chi connectivity index (χ4n) is 1.37. The Morgan fingerprint density at radius 3 is 2.64 bits per heavy atom. The molecule has 0 bridgehead atoms. The zero-order valence-electron chi connectivity index (χ0n) is 7.82. The van der Waals surface area contributed by atoms with Crippen LogP contribution in [0.25, 0.3) is 0 Å². The first kappa shape index (κ1) is 11.4. The predicted octanol–water partition coefficient (Wildman–Crippen LogP) is 3.50. The molecule has 74 valence electrons. The largest absolute Gasteiger partial charge is 0.232 e. The molecule has 1 atom stereocenters. The van der Waals surface area contributed by atoms with Crippen molar-refractivity contribution in [2.45, 2.75) is 12.3 Å². The second-order valence-corrected chi connectivity index (χ2v) is 3.58. The van der Waals surface area contributed by atoms with Gasteiger partial charge in [0.25, 0.3) is 0 Å². The number of hydrogen-bond donors (Lipinski definition) is 0. The highest BCUT2D eigenvalue weighted by Gasteiger charge is 2.09. The molecular formula is C11H12ClNS. The summed E-state index contributed by atoms with van der Waals surface area (Å²) >= 11 is 10.3. The van der Waals surface area contributed by atoms with Crippen LogP contribution in [0.3, 0.4) is 0 Å². The van der Waals surface area contributed by atoms with E-state index in [0.29, 0.717) is 18.3 Å². The number of thiocarbonyl (C=S) groups is 1. The Hall–Kier alpha value is -0.690. The van der Waals surface area contributed by atoms with Gasteiger partial charge in [-0.3, -0.25) is 0 Å². The second kappa shape index (κ2) is 6.72. The third-order valence-corrected chi connectivity index (χ3v) is 2.45. The van der Waals surface area contributed by atoms with E-state index < -0.39 is 0 Å². The van der Waals surface area contributed by atoms with Crippen molar-refractivity contribution < 1.29 is 0 Å². The van der Waals surface area contributed by atoms with Crippen molar-refractivity contribution in [3.8, 4) is 0 Å². The van der Waals surface area contributed by atoms with Gasteiger partial charge in [0.2, 0.25) is 0 Å². The van der Waals surface area contributed by atoms with E-state index in [9.17, 15) is 0 Å². The molecule has 1 aromatic carbocycles. The molecular weight excluding hydrogens is 214 g/mol. The first-order valence-corrected chi connectivity index (χ1v) is 5.47. The summed E-state index contributed by atoms with van der Waals surface area (Å²) in [6.07, 6.45) is 0.923. The minimum Gasteiger partial charge on any atom is -0.232 e. The number of benzene rings is 1. The lowest BCUT2D eigenvalue weighted by Gasteiger charge is -2.12. The molecule has 0 fully saturated rings. The molecule has 3 heteroatoms. The molecule has 0 amide bonds. The molecule has 0 saturated heterocycles. The molecule has 0 aliphatic rings. The maximum Gasteiger partial charge on any atom is 0.0585 e. The summed E-state index contributed by atoms with van der Waals surface area (Å²) in [5, 5.41) is 2.39. The third kappa shape index (κ3) is 3.59. The van der Waals surface area contributed by atoms with Crippen LogP contribution in [-0.2, 0) is 0 Å². The van der Waals surface area contributed by atoms with Crippen molar-refractivity contribution in [1.82, 2.24) is 0 Å². The summed E-state index contributed by atoms with van der Waals surface area (Å²) in [5.41, 5.74) is 1.27. The standard InChI is InChI=1S/C11H12ClNS/c12-7-6-11(8-13-9-14)10-4-2-1-3-5-10/h1-5,11H,6-8H2. The average molecular weight is 226 g/mol. The Bertz CT molecular complexity index is 306. The highest BCUT2D eigenvalue weighted by atomic mass is 35.5. The normalized spacial score (nSPS) is 11.8. The van der Waals surface area contributed by atoms with Crippen molar-refractivity contribution >= 4 is 29.0 Å². The maximum atomic E-state index is 5.74. The molecule has 0 N–H and O–H groups in total. The number of aliphatic imine (C=N–C) groups is 1. The summed E-state index contributed by atoms with van der Waals surface area (Å²) < 4.78 is 0. The monoisotopic (exact) mass is 225 g/mol. The van der Waals surface area contributed by atoms with E-state index >= 15 is 0 Å².